The lowest BCUT2D eigenvalue weighted by Crippen LogP contribution is -2.34. The van der Waals surface area contributed by atoms with Gasteiger partial charge in [0.2, 0.25) is 0 Å². The first kappa shape index (κ1) is 15.9. The third kappa shape index (κ3) is 3.09. The largest absolute Gasteiger partial charge is 0.458 e. The van der Waals surface area contributed by atoms with Crippen LogP contribution >= 0.6 is 0 Å². The number of hydrogen-bond donors (Lipinski definition) is 2. The van der Waals surface area contributed by atoms with Crippen LogP contribution < -0.4 is 0 Å². The zero-order chi connectivity index (χ0) is 15.6. The van der Waals surface area contributed by atoms with E-state index < -0.39 is 29.9 Å². The number of rotatable bonds is 2. The molecule has 5 nitrogen and oxygen atoms in total. The van der Waals surface area contributed by atoms with E-state index in [4.69, 9.17) is 4.74 Å². The van der Waals surface area contributed by atoms with Gasteiger partial charge in [0.25, 0.3) is 0 Å². The van der Waals surface area contributed by atoms with E-state index in [1.54, 1.807) is 13.0 Å². The molecule has 1 aliphatic carbocycles. The van der Waals surface area contributed by atoms with Gasteiger partial charge in [-0.25, -0.2) is 4.79 Å². The van der Waals surface area contributed by atoms with Crippen molar-refractivity contribution in [2.45, 2.75) is 51.7 Å². The lowest BCUT2D eigenvalue weighted by molar-refractivity contribution is -0.137. The van der Waals surface area contributed by atoms with Gasteiger partial charge >= 0.3 is 5.97 Å². The predicted molar refractivity (Wildman–Crippen MR) is 76.4 cm³/mol. The minimum Gasteiger partial charge on any atom is -0.458 e. The summed E-state index contributed by atoms with van der Waals surface area (Å²) in [6.45, 7) is 3.91. The number of carbonyl (C=O) groups excluding carboxylic acids is 2. The molecule has 0 aromatic carbocycles. The van der Waals surface area contributed by atoms with E-state index in [1.165, 1.54) is 0 Å². The Morgan fingerprint density at radius 1 is 1.33 bits per heavy atom. The van der Waals surface area contributed by atoms with E-state index in [-0.39, 0.29) is 13.0 Å². The third-order valence-corrected chi connectivity index (χ3v) is 4.27. The Hall–Kier alpha value is -1.46. The quantitative estimate of drug-likeness (QED) is 0.592. The minimum atomic E-state index is -1.26. The fraction of sp³-hybridized carbons (Fsp3) is 0.625. The smallest absolute Gasteiger partial charge is 0.334 e. The van der Waals surface area contributed by atoms with Crippen LogP contribution in [0.25, 0.3) is 0 Å². The number of aliphatic hydroxyl groups is 2. The summed E-state index contributed by atoms with van der Waals surface area (Å²) < 4.78 is 5.10. The zero-order valence-corrected chi connectivity index (χ0v) is 12.5. The van der Waals surface area contributed by atoms with E-state index in [0.29, 0.717) is 24.0 Å². The summed E-state index contributed by atoms with van der Waals surface area (Å²) in [4.78, 5) is 24.2. The average molecular weight is 294 g/mol. The summed E-state index contributed by atoms with van der Waals surface area (Å²) in [6.07, 6.45) is 1.18. The fourth-order valence-corrected chi connectivity index (χ4v) is 3.11. The maximum atomic E-state index is 12.2. The molecular formula is C16H22O5. The molecule has 0 radical (unpaired) electrons. The van der Waals surface area contributed by atoms with Gasteiger partial charge in [0.1, 0.15) is 12.7 Å². The second-order valence-electron chi connectivity index (χ2n) is 5.66. The SMILES string of the molecule is C/C=C1/CC2=C(C(=O)OC2)[C@H](CCC)[C@H](O)C(=O)C[C@@H]1O. The highest BCUT2D eigenvalue weighted by Crippen LogP contribution is 2.35. The number of ketones is 1. The Morgan fingerprint density at radius 2 is 2.05 bits per heavy atom. The van der Waals surface area contributed by atoms with Gasteiger partial charge < -0.3 is 14.9 Å². The van der Waals surface area contributed by atoms with Gasteiger partial charge in [0.15, 0.2) is 5.78 Å². The van der Waals surface area contributed by atoms with Crippen molar-refractivity contribution in [1.82, 2.24) is 0 Å². The minimum absolute atomic E-state index is 0.114. The second kappa shape index (κ2) is 6.54. The molecule has 0 spiro atoms. The Balaban J connectivity index is 2.49. The second-order valence-corrected chi connectivity index (χ2v) is 5.66. The van der Waals surface area contributed by atoms with Crippen molar-refractivity contribution in [1.29, 1.82) is 0 Å². The van der Waals surface area contributed by atoms with Crippen LogP contribution in [-0.2, 0) is 14.3 Å². The molecule has 0 saturated heterocycles. The third-order valence-electron chi connectivity index (χ3n) is 4.27. The summed E-state index contributed by atoms with van der Waals surface area (Å²) in [5.74, 6) is -1.40. The van der Waals surface area contributed by atoms with Crippen molar-refractivity contribution >= 4 is 11.8 Å². The summed E-state index contributed by atoms with van der Waals surface area (Å²) in [5.41, 5.74) is 1.91. The molecule has 0 saturated carbocycles. The molecular weight excluding hydrogens is 272 g/mol. The fourth-order valence-electron chi connectivity index (χ4n) is 3.11. The Bertz CT molecular complexity index is 503. The topological polar surface area (TPSA) is 83.8 Å². The van der Waals surface area contributed by atoms with Crippen molar-refractivity contribution in [3.63, 3.8) is 0 Å². The van der Waals surface area contributed by atoms with Gasteiger partial charge in [-0.3, -0.25) is 4.79 Å². The number of allylic oxidation sites excluding steroid dienone is 1. The summed E-state index contributed by atoms with van der Waals surface area (Å²) in [5, 5.41) is 20.5. The van der Waals surface area contributed by atoms with Crippen molar-refractivity contribution in [2.75, 3.05) is 6.61 Å². The summed E-state index contributed by atoms with van der Waals surface area (Å²) in [7, 11) is 0. The van der Waals surface area contributed by atoms with Crippen molar-refractivity contribution in [3.05, 3.63) is 22.8 Å². The lowest BCUT2D eigenvalue weighted by atomic mass is 9.84. The van der Waals surface area contributed by atoms with Crippen molar-refractivity contribution in [2.24, 2.45) is 5.92 Å². The van der Waals surface area contributed by atoms with Crippen LogP contribution in [0.3, 0.4) is 0 Å². The standard InChI is InChI=1S/C16H22O5/c1-3-5-11-14-10(8-21-16(14)20)6-9(4-2)12(17)7-13(18)15(11)19/h4,11-12,15,17,19H,3,5-8H2,1-2H3/b9-4-/t11-,12-,15-/m0/s1. The summed E-state index contributed by atoms with van der Waals surface area (Å²) in [6, 6.07) is 0. The molecule has 0 aromatic heterocycles. The van der Waals surface area contributed by atoms with Crippen LogP contribution in [0.5, 0.6) is 0 Å². The number of hydrogen-bond acceptors (Lipinski definition) is 5. The molecule has 1 heterocycles. The number of cyclic esters (lactones) is 1. The Kier molecular flexibility index (Phi) is 4.96. The first-order valence-corrected chi connectivity index (χ1v) is 7.42. The van der Waals surface area contributed by atoms with E-state index in [2.05, 4.69) is 0 Å². The van der Waals surface area contributed by atoms with Crippen LogP contribution in [0.1, 0.15) is 39.5 Å². The number of ether oxygens (including phenoxy) is 1. The molecule has 5 heteroatoms. The van der Waals surface area contributed by atoms with Crippen molar-refractivity contribution < 1.29 is 24.5 Å². The molecule has 1 aliphatic heterocycles. The highest BCUT2D eigenvalue weighted by Gasteiger charge is 2.39. The Morgan fingerprint density at radius 3 is 2.67 bits per heavy atom. The molecule has 0 unspecified atom stereocenters. The molecule has 0 amide bonds. The summed E-state index contributed by atoms with van der Waals surface area (Å²) >= 11 is 0. The van der Waals surface area contributed by atoms with Gasteiger partial charge in [0, 0.05) is 17.9 Å². The van der Waals surface area contributed by atoms with E-state index in [9.17, 15) is 19.8 Å². The normalized spacial score (nSPS) is 32.6. The Labute approximate surface area is 124 Å². The first-order chi connectivity index (χ1) is 9.99. The molecule has 0 fully saturated rings. The van der Waals surface area contributed by atoms with Crippen LogP contribution in [0.4, 0.5) is 0 Å². The van der Waals surface area contributed by atoms with E-state index in [1.807, 2.05) is 6.92 Å². The van der Waals surface area contributed by atoms with Crippen LogP contribution in [0, 0.1) is 5.92 Å². The number of Topliss-reactive ketones (excluding diaryl/α,β-unsaturated/α-hetero) is 1. The molecule has 3 atom stereocenters. The van der Waals surface area contributed by atoms with Gasteiger partial charge in [-0.15, -0.1) is 0 Å². The predicted octanol–water partition coefficient (Wildman–Crippen LogP) is 1.29. The molecule has 116 valence electrons. The highest BCUT2D eigenvalue weighted by molar-refractivity contribution is 5.95. The molecule has 2 N–H and O–H groups in total. The monoisotopic (exact) mass is 294 g/mol. The zero-order valence-electron chi connectivity index (χ0n) is 12.5. The first-order valence-electron chi connectivity index (χ1n) is 7.42. The molecule has 2 rings (SSSR count). The maximum Gasteiger partial charge on any atom is 0.334 e. The van der Waals surface area contributed by atoms with Gasteiger partial charge in [-0.2, -0.15) is 0 Å². The van der Waals surface area contributed by atoms with E-state index >= 15 is 0 Å². The average Bonchev–Trinajstić information content (AvgIpc) is 2.82. The van der Waals surface area contributed by atoms with Crippen molar-refractivity contribution in [3.8, 4) is 0 Å². The van der Waals surface area contributed by atoms with Gasteiger partial charge in [-0.1, -0.05) is 19.4 Å². The van der Waals surface area contributed by atoms with Gasteiger partial charge in [-0.05, 0) is 30.9 Å². The number of esters is 1. The van der Waals surface area contributed by atoms with Crippen LogP contribution in [0.2, 0.25) is 0 Å². The molecule has 0 aromatic rings. The van der Waals surface area contributed by atoms with E-state index in [0.717, 1.165) is 12.0 Å². The van der Waals surface area contributed by atoms with Crippen LogP contribution in [-0.4, -0.2) is 40.8 Å². The van der Waals surface area contributed by atoms with Crippen LogP contribution in [0.15, 0.2) is 22.8 Å². The number of aliphatic hydroxyl groups excluding tert-OH is 2. The lowest BCUT2D eigenvalue weighted by Gasteiger charge is -2.21. The number of carbonyl (C=O) groups is 2. The molecule has 2 aliphatic rings. The molecule has 21 heavy (non-hydrogen) atoms. The maximum absolute atomic E-state index is 12.2. The highest BCUT2D eigenvalue weighted by atomic mass is 16.5. The van der Waals surface area contributed by atoms with Gasteiger partial charge in [0.05, 0.1) is 6.10 Å². The molecule has 0 bridgehead atoms.